The van der Waals surface area contributed by atoms with Gasteiger partial charge in [-0.25, -0.2) is 9.18 Å². The fraction of sp³-hybridized carbons (Fsp3) is 0.391. The molecule has 0 aromatic heterocycles. The summed E-state index contributed by atoms with van der Waals surface area (Å²) < 4.78 is 25.8. The van der Waals surface area contributed by atoms with Crippen LogP contribution in [0.4, 0.5) is 9.18 Å². The summed E-state index contributed by atoms with van der Waals surface area (Å²) in [6.45, 7) is 1.88. The minimum Gasteiger partial charge on any atom is -0.457 e. The van der Waals surface area contributed by atoms with Crippen molar-refractivity contribution >= 4 is 12.0 Å². The number of carbonyl (C=O) groups is 2. The maximum absolute atomic E-state index is 14.5. The Morgan fingerprint density at radius 1 is 1.16 bits per heavy atom. The molecule has 2 aliphatic rings. The summed E-state index contributed by atoms with van der Waals surface area (Å²) in [5.41, 5.74) is 6.06. The highest BCUT2D eigenvalue weighted by molar-refractivity contribution is 5.95. The molecule has 2 aromatic carbocycles. The van der Waals surface area contributed by atoms with Gasteiger partial charge in [-0.1, -0.05) is 12.1 Å². The average molecular weight is 427 g/mol. The molecule has 0 aliphatic carbocycles. The molecular formula is C23H26FN3O4. The first-order valence-corrected chi connectivity index (χ1v) is 10.5. The molecule has 0 saturated carbocycles. The molecule has 2 aliphatic heterocycles. The third-order valence-electron chi connectivity index (χ3n) is 5.81. The van der Waals surface area contributed by atoms with E-state index in [0.717, 1.165) is 12.0 Å². The van der Waals surface area contributed by atoms with Crippen LogP contribution in [0.2, 0.25) is 0 Å². The molecule has 1 unspecified atom stereocenters. The monoisotopic (exact) mass is 427 g/mol. The van der Waals surface area contributed by atoms with Gasteiger partial charge in [0.1, 0.15) is 22.9 Å². The van der Waals surface area contributed by atoms with E-state index in [2.05, 4.69) is 5.32 Å². The van der Waals surface area contributed by atoms with Crippen molar-refractivity contribution in [1.29, 1.82) is 0 Å². The lowest BCUT2D eigenvalue weighted by Crippen LogP contribution is -2.36. The summed E-state index contributed by atoms with van der Waals surface area (Å²) in [5, 5.41) is 2.69. The lowest BCUT2D eigenvalue weighted by atomic mass is 9.95. The number of amides is 2. The maximum Gasteiger partial charge on any atom is 0.407 e. The van der Waals surface area contributed by atoms with Crippen molar-refractivity contribution in [2.75, 3.05) is 26.2 Å². The van der Waals surface area contributed by atoms with Crippen molar-refractivity contribution in [2.24, 2.45) is 5.73 Å². The Hall–Kier alpha value is -3.13. The van der Waals surface area contributed by atoms with Crippen molar-refractivity contribution in [3.63, 3.8) is 0 Å². The minimum atomic E-state index is -0.594. The summed E-state index contributed by atoms with van der Waals surface area (Å²) >= 11 is 0. The van der Waals surface area contributed by atoms with E-state index in [1.54, 1.807) is 4.90 Å². The number of halogens is 1. The van der Waals surface area contributed by atoms with Gasteiger partial charge in [0, 0.05) is 19.5 Å². The fourth-order valence-corrected chi connectivity index (χ4v) is 4.08. The van der Waals surface area contributed by atoms with Crippen LogP contribution in [0.15, 0.2) is 42.5 Å². The Bertz CT molecular complexity index is 966. The number of hydrogen-bond donors (Lipinski definition) is 2. The minimum absolute atomic E-state index is 0.0326. The number of hydrogen-bond acceptors (Lipinski definition) is 5. The van der Waals surface area contributed by atoms with Crippen molar-refractivity contribution in [2.45, 2.75) is 31.3 Å². The molecule has 4 rings (SSSR count). The predicted molar refractivity (Wildman–Crippen MR) is 113 cm³/mol. The van der Waals surface area contributed by atoms with Gasteiger partial charge in [0.05, 0.1) is 12.1 Å². The van der Waals surface area contributed by atoms with Crippen LogP contribution in [0.1, 0.15) is 35.2 Å². The Morgan fingerprint density at radius 3 is 2.65 bits per heavy atom. The molecular weight excluding hydrogens is 401 g/mol. The average Bonchev–Trinajstić information content (AvgIpc) is 3.00. The highest BCUT2D eigenvalue weighted by Crippen LogP contribution is 2.31. The Morgan fingerprint density at radius 2 is 1.94 bits per heavy atom. The Kier molecular flexibility index (Phi) is 6.08. The number of carbonyl (C=O) groups excluding carboxylic acids is 2. The molecule has 8 heteroatoms. The van der Waals surface area contributed by atoms with Gasteiger partial charge in [0.15, 0.2) is 0 Å². The smallest absolute Gasteiger partial charge is 0.407 e. The first kappa shape index (κ1) is 21.1. The van der Waals surface area contributed by atoms with Crippen LogP contribution in [0.25, 0.3) is 0 Å². The van der Waals surface area contributed by atoms with Crippen molar-refractivity contribution in [3.05, 3.63) is 59.4 Å². The van der Waals surface area contributed by atoms with Crippen LogP contribution in [0, 0.1) is 5.82 Å². The summed E-state index contributed by atoms with van der Waals surface area (Å²) in [4.78, 5) is 26.1. The van der Waals surface area contributed by atoms with E-state index in [0.29, 0.717) is 56.9 Å². The zero-order valence-corrected chi connectivity index (χ0v) is 17.2. The van der Waals surface area contributed by atoms with E-state index in [4.69, 9.17) is 15.2 Å². The highest BCUT2D eigenvalue weighted by Gasteiger charge is 2.42. The third-order valence-corrected chi connectivity index (χ3v) is 5.81. The standard InChI is InChI=1S/C23H26FN3O4/c24-20-7-6-18(30-17-4-2-16(3-5-17)8-11-25)14-19(20)21(28)27-12-1-9-23(10-13-27)15-26-22(29)31-23/h2-7,14H,1,8-13,15,25H2,(H,26,29). The van der Waals surface area contributed by atoms with E-state index >= 15 is 0 Å². The molecule has 1 spiro atoms. The summed E-state index contributed by atoms with van der Waals surface area (Å²) in [7, 11) is 0. The van der Waals surface area contributed by atoms with Gasteiger partial charge in [-0.3, -0.25) is 4.79 Å². The van der Waals surface area contributed by atoms with Gasteiger partial charge in [-0.05, 0) is 61.7 Å². The number of likely N-dealkylation sites (tertiary alicyclic amines) is 1. The van der Waals surface area contributed by atoms with Crippen molar-refractivity contribution in [1.82, 2.24) is 10.2 Å². The van der Waals surface area contributed by atoms with Gasteiger partial charge in [-0.15, -0.1) is 0 Å². The van der Waals surface area contributed by atoms with Crippen LogP contribution in [0.3, 0.4) is 0 Å². The number of benzene rings is 2. The number of alkyl carbamates (subject to hydrolysis) is 1. The van der Waals surface area contributed by atoms with E-state index in [1.165, 1.54) is 18.2 Å². The number of nitrogens with two attached hydrogens (primary N) is 1. The molecule has 164 valence electrons. The van der Waals surface area contributed by atoms with E-state index in [-0.39, 0.29) is 5.56 Å². The van der Waals surface area contributed by atoms with Gasteiger partial charge in [0.25, 0.3) is 5.91 Å². The summed E-state index contributed by atoms with van der Waals surface area (Å²) in [5.74, 6) is -0.00581. The topological polar surface area (TPSA) is 93.9 Å². The summed E-state index contributed by atoms with van der Waals surface area (Å²) in [6, 6.07) is 11.7. The van der Waals surface area contributed by atoms with E-state index < -0.39 is 23.4 Å². The molecule has 0 radical (unpaired) electrons. The number of rotatable bonds is 5. The third kappa shape index (κ3) is 4.80. The van der Waals surface area contributed by atoms with Crippen LogP contribution in [0.5, 0.6) is 11.5 Å². The van der Waals surface area contributed by atoms with Gasteiger partial charge >= 0.3 is 6.09 Å². The normalized spacial score (nSPS) is 20.8. The molecule has 2 aromatic rings. The Labute approximate surface area is 180 Å². The summed E-state index contributed by atoms with van der Waals surface area (Å²) in [6.07, 6.45) is 2.22. The number of ether oxygens (including phenoxy) is 2. The first-order chi connectivity index (χ1) is 15.0. The molecule has 1 atom stereocenters. The molecule has 31 heavy (non-hydrogen) atoms. The van der Waals surface area contributed by atoms with Crippen molar-refractivity contribution < 1.29 is 23.5 Å². The predicted octanol–water partition coefficient (Wildman–Crippen LogP) is 3.22. The molecule has 2 fully saturated rings. The molecule has 0 bridgehead atoms. The van der Waals surface area contributed by atoms with E-state index in [1.807, 2.05) is 24.3 Å². The highest BCUT2D eigenvalue weighted by atomic mass is 19.1. The second kappa shape index (κ2) is 8.93. The van der Waals surface area contributed by atoms with Gasteiger partial charge in [0.2, 0.25) is 0 Å². The number of nitrogens with zero attached hydrogens (tertiary/aromatic N) is 1. The second-order valence-electron chi connectivity index (χ2n) is 8.00. The van der Waals surface area contributed by atoms with Crippen LogP contribution >= 0.6 is 0 Å². The zero-order valence-electron chi connectivity index (χ0n) is 17.2. The largest absolute Gasteiger partial charge is 0.457 e. The fourth-order valence-electron chi connectivity index (χ4n) is 4.08. The van der Waals surface area contributed by atoms with Gasteiger partial charge in [-0.2, -0.15) is 0 Å². The lowest BCUT2D eigenvalue weighted by molar-refractivity contribution is 0.0438. The molecule has 2 heterocycles. The maximum atomic E-state index is 14.5. The zero-order chi connectivity index (χ0) is 21.8. The van der Waals surface area contributed by atoms with Gasteiger partial charge < -0.3 is 25.4 Å². The SMILES string of the molecule is NCCc1ccc(Oc2ccc(F)c(C(=O)N3CCCC4(CC3)CNC(=O)O4)c2)cc1. The van der Waals surface area contributed by atoms with E-state index in [9.17, 15) is 14.0 Å². The lowest BCUT2D eigenvalue weighted by Gasteiger charge is -2.25. The number of nitrogens with one attached hydrogen (secondary N) is 1. The van der Waals surface area contributed by atoms with Crippen molar-refractivity contribution in [3.8, 4) is 11.5 Å². The molecule has 3 N–H and O–H groups in total. The molecule has 2 amide bonds. The molecule has 2 saturated heterocycles. The molecule has 7 nitrogen and oxygen atoms in total. The Balaban J connectivity index is 1.46. The first-order valence-electron chi connectivity index (χ1n) is 10.5. The quantitative estimate of drug-likeness (QED) is 0.764. The second-order valence-corrected chi connectivity index (χ2v) is 8.00. The van der Waals surface area contributed by atoms with Crippen LogP contribution in [-0.2, 0) is 11.2 Å². The van der Waals surface area contributed by atoms with Crippen LogP contribution < -0.4 is 15.8 Å². The van der Waals surface area contributed by atoms with Crippen LogP contribution in [-0.4, -0.2) is 48.7 Å².